The van der Waals surface area contributed by atoms with Crippen LogP contribution in [0.5, 0.6) is 0 Å². The summed E-state index contributed by atoms with van der Waals surface area (Å²) in [7, 11) is 0. The molecule has 0 saturated carbocycles. The van der Waals surface area contributed by atoms with Gasteiger partial charge in [-0.15, -0.1) is 6.58 Å². The molecule has 5 nitrogen and oxygen atoms in total. The summed E-state index contributed by atoms with van der Waals surface area (Å²) in [4.78, 5) is 32.0. The molecule has 0 N–H and O–H groups in total. The summed E-state index contributed by atoms with van der Waals surface area (Å²) in [6, 6.07) is 15.9. The Morgan fingerprint density at radius 1 is 0.867 bits per heavy atom. The van der Waals surface area contributed by atoms with E-state index in [1.165, 1.54) is 21.7 Å². The van der Waals surface area contributed by atoms with Crippen molar-refractivity contribution in [3.63, 3.8) is 0 Å². The van der Waals surface area contributed by atoms with Crippen molar-refractivity contribution < 1.29 is 9.59 Å². The number of nitrogens with zero attached hydrogens (tertiary/aromatic N) is 3. The summed E-state index contributed by atoms with van der Waals surface area (Å²) in [5.74, 6) is -0.461. The average molecular weight is 402 g/mol. The number of carbonyl (C=O) groups is 2. The van der Waals surface area contributed by atoms with Crippen molar-refractivity contribution in [2.75, 3.05) is 37.6 Å². The normalized spacial score (nSPS) is 17.2. The van der Waals surface area contributed by atoms with Crippen LogP contribution in [-0.4, -0.2) is 54.3 Å². The zero-order chi connectivity index (χ0) is 21.3. The Kier molecular flexibility index (Phi) is 5.44. The Balaban J connectivity index is 1.63. The molecule has 2 amide bonds. The fraction of sp³-hybridized carbons (Fsp3) is 0.280. The molecule has 2 aromatic rings. The van der Waals surface area contributed by atoms with Crippen LogP contribution in [0.25, 0.3) is 5.57 Å². The van der Waals surface area contributed by atoms with Gasteiger partial charge < -0.3 is 9.80 Å². The van der Waals surface area contributed by atoms with Gasteiger partial charge in [-0.05, 0) is 36.6 Å². The highest BCUT2D eigenvalue weighted by atomic mass is 16.2. The lowest BCUT2D eigenvalue weighted by molar-refractivity contribution is -0.136. The number of imide groups is 1. The number of benzene rings is 2. The molecule has 4 rings (SSSR count). The van der Waals surface area contributed by atoms with Gasteiger partial charge in [0.1, 0.15) is 5.70 Å². The van der Waals surface area contributed by atoms with Gasteiger partial charge in [-0.25, -0.2) is 0 Å². The van der Waals surface area contributed by atoms with Gasteiger partial charge in [-0.1, -0.05) is 48.5 Å². The predicted octanol–water partition coefficient (Wildman–Crippen LogP) is 3.39. The number of piperazine rings is 1. The number of hydrogen-bond acceptors (Lipinski definition) is 4. The summed E-state index contributed by atoms with van der Waals surface area (Å²) < 4.78 is 0. The van der Waals surface area contributed by atoms with Crippen LogP contribution in [0.2, 0.25) is 0 Å². The fourth-order valence-electron chi connectivity index (χ4n) is 4.27. The first-order valence-electron chi connectivity index (χ1n) is 10.4. The molecule has 2 aliphatic rings. The van der Waals surface area contributed by atoms with E-state index in [9.17, 15) is 9.59 Å². The molecular formula is C25H27N3O2. The Hall–Kier alpha value is -3.34. The van der Waals surface area contributed by atoms with Crippen molar-refractivity contribution in [3.05, 3.63) is 83.6 Å². The molecule has 2 aromatic carbocycles. The van der Waals surface area contributed by atoms with Crippen LogP contribution in [0.4, 0.5) is 5.69 Å². The second-order valence-electron chi connectivity index (χ2n) is 7.79. The predicted molar refractivity (Wildman–Crippen MR) is 120 cm³/mol. The molecule has 0 spiro atoms. The van der Waals surface area contributed by atoms with Crippen LogP contribution in [-0.2, 0) is 9.59 Å². The Morgan fingerprint density at radius 3 is 2.20 bits per heavy atom. The molecule has 0 radical (unpaired) electrons. The SMILES string of the molecule is C=CCN1C(=O)C(c2ccccc2)=C(N2CCN(c3cccc(C)c3C)CC2)C1=O. The summed E-state index contributed by atoms with van der Waals surface area (Å²) in [6.45, 7) is 11.2. The van der Waals surface area contributed by atoms with Gasteiger partial charge in [-0.2, -0.15) is 0 Å². The monoisotopic (exact) mass is 401 g/mol. The van der Waals surface area contributed by atoms with E-state index in [4.69, 9.17) is 0 Å². The van der Waals surface area contributed by atoms with E-state index < -0.39 is 0 Å². The average Bonchev–Trinajstić information content (AvgIpc) is 3.01. The highest BCUT2D eigenvalue weighted by Crippen LogP contribution is 2.33. The molecule has 0 bridgehead atoms. The lowest BCUT2D eigenvalue weighted by atomic mass is 10.0. The second kappa shape index (κ2) is 8.19. The van der Waals surface area contributed by atoms with E-state index in [-0.39, 0.29) is 18.4 Å². The van der Waals surface area contributed by atoms with Gasteiger partial charge in [0.25, 0.3) is 11.8 Å². The number of anilines is 1. The minimum atomic E-state index is -0.238. The highest BCUT2D eigenvalue weighted by molar-refractivity contribution is 6.35. The molecule has 1 saturated heterocycles. The van der Waals surface area contributed by atoms with Crippen molar-refractivity contribution in [1.82, 2.24) is 9.80 Å². The lowest BCUT2D eigenvalue weighted by Crippen LogP contribution is -2.47. The smallest absolute Gasteiger partial charge is 0.278 e. The van der Waals surface area contributed by atoms with E-state index in [0.717, 1.165) is 18.7 Å². The van der Waals surface area contributed by atoms with E-state index >= 15 is 0 Å². The van der Waals surface area contributed by atoms with Gasteiger partial charge in [0, 0.05) is 38.4 Å². The molecular weight excluding hydrogens is 374 g/mol. The van der Waals surface area contributed by atoms with Crippen LogP contribution < -0.4 is 4.90 Å². The molecule has 154 valence electrons. The molecule has 1 fully saturated rings. The summed E-state index contributed by atoms with van der Waals surface area (Å²) in [6.07, 6.45) is 1.60. The Bertz CT molecular complexity index is 1020. The largest absolute Gasteiger partial charge is 0.368 e. The van der Waals surface area contributed by atoms with E-state index in [1.807, 2.05) is 30.3 Å². The van der Waals surface area contributed by atoms with Crippen molar-refractivity contribution in [2.24, 2.45) is 0 Å². The number of amides is 2. The number of hydrogen-bond donors (Lipinski definition) is 0. The number of aryl methyl sites for hydroxylation is 1. The minimum Gasteiger partial charge on any atom is -0.368 e. The maximum absolute atomic E-state index is 13.2. The molecule has 0 aromatic heterocycles. The first kappa shape index (κ1) is 20.0. The van der Waals surface area contributed by atoms with Crippen molar-refractivity contribution >= 4 is 23.1 Å². The molecule has 0 aliphatic carbocycles. The van der Waals surface area contributed by atoms with Crippen molar-refractivity contribution in [2.45, 2.75) is 13.8 Å². The third-order valence-electron chi connectivity index (χ3n) is 6.03. The molecule has 0 unspecified atom stereocenters. The first-order chi connectivity index (χ1) is 14.5. The zero-order valence-electron chi connectivity index (χ0n) is 17.6. The van der Waals surface area contributed by atoms with Crippen LogP contribution >= 0.6 is 0 Å². The highest BCUT2D eigenvalue weighted by Gasteiger charge is 2.41. The minimum absolute atomic E-state index is 0.222. The van der Waals surface area contributed by atoms with Gasteiger partial charge in [0.05, 0.1) is 5.57 Å². The lowest BCUT2D eigenvalue weighted by Gasteiger charge is -2.38. The number of carbonyl (C=O) groups excluding carboxylic acids is 2. The quantitative estimate of drug-likeness (QED) is 0.569. The standard InChI is InChI=1S/C25H27N3O2/c1-4-13-28-24(29)22(20-10-6-5-7-11-20)23(25(28)30)27-16-14-26(15-17-27)21-12-8-9-18(2)19(21)3/h4-12H,1,13-17H2,2-3H3. The Labute approximate surface area is 177 Å². The van der Waals surface area contributed by atoms with Crippen LogP contribution in [0.3, 0.4) is 0 Å². The summed E-state index contributed by atoms with van der Waals surface area (Å²) >= 11 is 0. The maximum atomic E-state index is 13.2. The van der Waals surface area contributed by atoms with Crippen LogP contribution in [0.15, 0.2) is 66.9 Å². The van der Waals surface area contributed by atoms with Crippen molar-refractivity contribution in [1.29, 1.82) is 0 Å². The summed E-state index contributed by atoms with van der Waals surface area (Å²) in [5, 5.41) is 0. The van der Waals surface area contributed by atoms with Gasteiger partial charge in [0.15, 0.2) is 0 Å². The molecule has 0 atom stereocenters. The summed E-state index contributed by atoms with van der Waals surface area (Å²) in [5.41, 5.74) is 5.62. The Morgan fingerprint density at radius 2 is 1.53 bits per heavy atom. The molecule has 2 heterocycles. The van der Waals surface area contributed by atoms with Gasteiger partial charge in [0.2, 0.25) is 0 Å². The third-order valence-corrected chi connectivity index (χ3v) is 6.03. The fourth-order valence-corrected chi connectivity index (χ4v) is 4.27. The first-order valence-corrected chi connectivity index (χ1v) is 10.4. The molecule has 5 heteroatoms. The topological polar surface area (TPSA) is 43.9 Å². The van der Waals surface area contributed by atoms with Gasteiger partial charge >= 0.3 is 0 Å². The molecule has 2 aliphatic heterocycles. The van der Waals surface area contributed by atoms with E-state index in [0.29, 0.717) is 24.4 Å². The third kappa shape index (κ3) is 3.41. The van der Waals surface area contributed by atoms with Gasteiger partial charge in [-0.3, -0.25) is 14.5 Å². The second-order valence-corrected chi connectivity index (χ2v) is 7.79. The van der Waals surface area contributed by atoms with Crippen LogP contribution in [0.1, 0.15) is 16.7 Å². The zero-order valence-corrected chi connectivity index (χ0v) is 17.6. The van der Waals surface area contributed by atoms with Crippen LogP contribution in [0, 0.1) is 13.8 Å². The molecule has 30 heavy (non-hydrogen) atoms. The van der Waals surface area contributed by atoms with Crippen molar-refractivity contribution in [3.8, 4) is 0 Å². The van der Waals surface area contributed by atoms with E-state index in [2.05, 4.69) is 48.4 Å². The maximum Gasteiger partial charge on any atom is 0.278 e. The van der Waals surface area contributed by atoms with E-state index in [1.54, 1.807) is 6.08 Å². The number of rotatable bonds is 5.